The van der Waals surface area contributed by atoms with E-state index < -0.39 is 17.6 Å². The van der Waals surface area contributed by atoms with Gasteiger partial charge in [-0.2, -0.15) is 0 Å². The van der Waals surface area contributed by atoms with E-state index in [2.05, 4.69) is 6.58 Å². The molecule has 26 heavy (non-hydrogen) atoms. The van der Waals surface area contributed by atoms with Crippen LogP contribution in [0.25, 0.3) is 11.0 Å². The van der Waals surface area contributed by atoms with E-state index in [1.165, 1.54) is 30.3 Å². The lowest BCUT2D eigenvalue weighted by Gasteiger charge is -2.14. The topological polar surface area (TPSA) is 111 Å². The zero-order valence-electron chi connectivity index (χ0n) is 14.1. The van der Waals surface area contributed by atoms with Gasteiger partial charge in [-0.1, -0.05) is 12.2 Å². The number of hydrogen-bond donors (Lipinski definition) is 4. The minimum Gasteiger partial charge on any atom is -0.508 e. The maximum absolute atomic E-state index is 12.7. The highest BCUT2D eigenvalue weighted by atomic mass is 16.3. The maximum Gasteiger partial charge on any atom is 0.231 e. The molecule has 1 heterocycles. The third-order valence-electron chi connectivity index (χ3n) is 4.20. The van der Waals surface area contributed by atoms with Crippen LogP contribution in [0.5, 0.6) is 17.2 Å². The summed E-state index contributed by atoms with van der Waals surface area (Å²) in [4.78, 5) is 12.7. The minimum atomic E-state index is -0.966. The summed E-state index contributed by atoms with van der Waals surface area (Å²) in [5, 5.41) is 40.5. The summed E-state index contributed by atoms with van der Waals surface area (Å²) in [7, 11) is 0. The van der Waals surface area contributed by atoms with Gasteiger partial charge in [-0.05, 0) is 37.3 Å². The molecule has 4 N–H and O–H groups in total. The Balaban J connectivity index is 2.02. The normalized spacial score (nSPS) is 12.2. The van der Waals surface area contributed by atoms with Crippen molar-refractivity contribution in [2.45, 2.75) is 19.4 Å². The third-order valence-corrected chi connectivity index (χ3v) is 4.20. The van der Waals surface area contributed by atoms with E-state index in [4.69, 9.17) is 4.42 Å². The van der Waals surface area contributed by atoms with E-state index >= 15 is 0 Å². The molecule has 0 amide bonds. The van der Waals surface area contributed by atoms with E-state index in [0.717, 1.165) is 0 Å². The number of carbonyl (C=O) groups is 1. The highest BCUT2D eigenvalue weighted by molar-refractivity contribution is 6.11. The quantitative estimate of drug-likeness (QED) is 0.413. The Labute approximate surface area is 149 Å². The van der Waals surface area contributed by atoms with Gasteiger partial charge in [-0.25, -0.2) is 0 Å². The number of benzene rings is 2. The number of phenolic OH excluding ortho intramolecular Hbond substituents is 3. The van der Waals surface area contributed by atoms with E-state index in [9.17, 15) is 25.2 Å². The Hall–Kier alpha value is -3.25. The first-order valence-corrected chi connectivity index (χ1v) is 7.92. The zero-order chi connectivity index (χ0) is 19.0. The molecule has 0 aliphatic carbocycles. The molecule has 2 aromatic carbocycles. The Kier molecular flexibility index (Phi) is 4.44. The zero-order valence-corrected chi connectivity index (χ0v) is 14.1. The Morgan fingerprint density at radius 1 is 1.15 bits per heavy atom. The Morgan fingerprint density at radius 3 is 2.58 bits per heavy atom. The number of hydrogen-bond acceptors (Lipinski definition) is 6. The lowest BCUT2D eigenvalue weighted by atomic mass is 9.97. The van der Waals surface area contributed by atoms with Crippen LogP contribution in [-0.4, -0.2) is 32.3 Å². The predicted molar refractivity (Wildman–Crippen MR) is 95.6 cm³/mol. The van der Waals surface area contributed by atoms with Gasteiger partial charge in [0, 0.05) is 23.4 Å². The summed E-state index contributed by atoms with van der Waals surface area (Å²) in [6, 6.07) is 8.54. The number of phenols is 3. The van der Waals surface area contributed by atoms with Crippen LogP contribution in [0.2, 0.25) is 0 Å². The highest BCUT2D eigenvalue weighted by Gasteiger charge is 2.23. The fourth-order valence-corrected chi connectivity index (χ4v) is 2.64. The molecule has 0 aliphatic heterocycles. The molecule has 6 heteroatoms. The number of aliphatic hydroxyl groups excluding tert-OH is 1. The molecule has 1 aromatic heterocycles. The standard InChI is InChI=1S/C20H18O6/c1-10(2)16(23)9-14-15(22)6-5-13(19(14)24)20(25)18-7-11-3-4-12(21)8-17(11)26-18/h3-8,16,21-24H,1,9H2,2H3. The second kappa shape index (κ2) is 6.57. The van der Waals surface area contributed by atoms with Crippen LogP contribution in [0.3, 0.4) is 0 Å². The molecule has 0 saturated heterocycles. The molecule has 0 spiro atoms. The number of aromatic hydroxyl groups is 3. The molecular formula is C20H18O6. The first-order valence-electron chi connectivity index (χ1n) is 7.92. The lowest BCUT2D eigenvalue weighted by Crippen LogP contribution is -2.12. The second-order valence-electron chi connectivity index (χ2n) is 6.19. The summed E-state index contributed by atoms with van der Waals surface area (Å²) >= 11 is 0. The van der Waals surface area contributed by atoms with Crippen molar-refractivity contribution in [3.8, 4) is 17.2 Å². The van der Waals surface area contributed by atoms with E-state index in [-0.39, 0.29) is 34.8 Å². The highest BCUT2D eigenvalue weighted by Crippen LogP contribution is 2.34. The van der Waals surface area contributed by atoms with Crippen LogP contribution in [0.1, 0.15) is 28.6 Å². The smallest absolute Gasteiger partial charge is 0.231 e. The molecule has 0 radical (unpaired) electrons. The molecule has 3 aromatic rings. The average molecular weight is 354 g/mol. The van der Waals surface area contributed by atoms with Gasteiger partial charge in [0.25, 0.3) is 0 Å². The van der Waals surface area contributed by atoms with Crippen LogP contribution >= 0.6 is 0 Å². The van der Waals surface area contributed by atoms with E-state index in [1.807, 2.05) is 0 Å². The molecule has 134 valence electrons. The van der Waals surface area contributed by atoms with Gasteiger partial charge in [-0.15, -0.1) is 0 Å². The minimum absolute atomic E-state index is 0.00870. The molecule has 3 rings (SSSR count). The van der Waals surface area contributed by atoms with Crippen molar-refractivity contribution in [3.63, 3.8) is 0 Å². The molecule has 1 unspecified atom stereocenters. The summed E-state index contributed by atoms with van der Waals surface area (Å²) < 4.78 is 5.46. The fourth-order valence-electron chi connectivity index (χ4n) is 2.64. The Bertz CT molecular complexity index is 1010. The SMILES string of the molecule is C=C(C)C(O)Cc1c(O)ccc(C(=O)c2cc3ccc(O)cc3o2)c1O. The summed E-state index contributed by atoms with van der Waals surface area (Å²) in [5.74, 6) is -1.23. The van der Waals surface area contributed by atoms with Crippen LogP contribution in [-0.2, 0) is 6.42 Å². The van der Waals surface area contributed by atoms with Crippen molar-refractivity contribution >= 4 is 16.8 Å². The van der Waals surface area contributed by atoms with Crippen molar-refractivity contribution in [1.29, 1.82) is 0 Å². The van der Waals surface area contributed by atoms with Gasteiger partial charge in [0.15, 0.2) is 5.76 Å². The summed E-state index contributed by atoms with van der Waals surface area (Å²) in [6.45, 7) is 5.25. The monoisotopic (exact) mass is 354 g/mol. The summed E-state index contributed by atoms with van der Waals surface area (Å²) in [6.07, 6.45) is -1.05. The van der Waals surface area contributed by atoms with Gasteiger partial charge in [0.1, 0.15) is 22.8 Å². The van der Waals surface area contributed by atoms with E-state index in [1.54, 1.807) is 13.0 Å². The Morgan fingerprint density at radius 2 is 1.88 bits per heavy atom. The maximum atomic E-state index is 12.7. The van der Waals surface area contributed by atoms with E-state index in [0.29, 0.717) is 16.5 Å². The van der Waals surface area contributed by atoms with Crippen LogP contribution in [0.15, 0.2) is 53.0 Å². The van der Waals surface area contributed by atoms with Crippen molar-refractivity contribution in [1.82, 2.24) is 0 Å². The van der Waals surface area contributed by atoms with Gasteiger partial charge >= 0.3 is 0 Å². The molecule has 0 saturated carbocycles. The van der Waals surface area contributed by atoms with Crippen molar-refractivity contribution < 1.29 is 29.6 Å². The summed E-state index contributed by atoms with van der Waals surface area (Å²) in [5.41, 5.74) is 0.803. The number of ketones is 1. The lowest BCUT2D eigenvalue weighted by molar-refractivity contribution is 0.101. The average Bonchev–Trinajstić information content (AvgIpc) is 3.00. The van der Waals surface area contributed by atoms with Crippen molar-refractivity contribution in [3.05, 3.63) is 65.4 Å². The van der Waals surface area contributed by atoms with Crippen molar-refractivity contribution in [2.75, 3.05) is 0 Å². The molecular weight excluding hydrogens is 336 g/mol. The van der Waals surface area contributed by atoms with Crippen LogP contribution < -0.4 is 0 Å². The van der Waals surface area contributed by atoms with Gasteiger partial charge in [0.05, 0.1) is 11.7 Å². The second-order valence-corrected chi connectivity index (χ2v) is 6.19. The number of aliphatic hydroxyl groups is 1. The van der Waals surface area contributed by atoms with Gasteiger partial charge in [-0.3, -0.25) is 4.79 Å². The molecule has 1 atom stereocenters. The number of rotatable bonds is 5. The van der Waals surface area contributed by atoms with Crippen LogP contribution in [0.4, 0.5) is 0 Å². The predicted octanol–water partition coefficient (Wildman–Crippen LogP) is 3.26. The molecule has 0 bridgehead atoms. The number of furan rings is 1. The molecule has 6 nitrogen and oxygen atoms in total. The van der Waals surface area contributed by atoms with Crippen LogP contribution in [0, 0.1) is 0 Å². The largest absolute Gasteiger partial charge is 0.508 e. The first kappa shape index (κ1) is 17.6. The molecule has 0 fully saturated rings. The number of fused-ring (bicyclic) bond motifs is 1. The van der Waals surface area contributed by atoms with Gasteiger partial charge < -0.3 is 24.8 Å². The fraction of sp³-hybridized carbons (Fsp3) is 0.150. The van der Waals surface area contributed by atoms with Crippen molar-refractivity contribution in [2.24, 2.45) is 0 Å². The number of carbonyl (C=O) groups excluding carboxylic acids is 1. The first-order chi connectivity index (χ1) is 12.3. The third kappa shape index (κ3) is 3.14. The van der Waals surface area contributed by atoms with Gasteiger partial charge in [0.2, 0.25) is 5.78 Å². The molecule has 0 aliphatic rings.